The quantitative estimate of drug-likeness (QED) is 0.181. The molecule has 0 radical (unpaired) electrons. The number of aryl methyl sites for hydroxylation is 1. The number of alkyl halides is 6. The van der Waals surface area contributed by atoms with Crippen molar-refractivity contribution >= 4 is 38.6 Å². The molecule has 2 aliphatic rings. The molecule has 2 aromatic carbocycles. The highest BCUT2D eigenvalue weighted by atomic mass is 79.9. The van der Waals surface area contributed by atoms with E-state index in [0.717, 1.165) is 59.8 Å². The summed E-state index contributed by atoms with van der Waals surface area (Å²) < 4.78 is 82.5. The van der Waals surface area contributed by atoms with E-state index in [-0.39, 0.29) is 36.7 Å². The van der Waals surface area contributed by atoms with Crippen LogP contribution in [0.3, 0.4) is 0 Å². The number of para-hydroxylation sites is 1. The molecule has 2 saturated carbocycles. The third-order valence-corrected chi connectivity index (χ3v) is 8.37. The minimum atomic E-state index is -4.95. The van der Waals surface area contributed by atoms with Crippen molar-refractivity contribution in [3.63, 3.8) is 0 Å². The monoisotopic (exact) mass is 663 g/mol. The van der Waals surface area contributed by atoms with Crippen molar-refractivity contribution < 1.29 is 26.3 Å². The van der Waals surface area contributed by atoms with Gasteiger partial charge in [-0.15, -0.1) is 0 Å². The van der Waals surface area contributed by atoms with Crippen molar-refractivity contribution in [2.24, 2.45) is 11.8 Å². The van der Waals surface area contributed by atoms with Crippen LogP contribution in [-0.2, 0) is 25.4 Å². The van der Waals surface area contributed by atoms with Crippen molar-refractivity contribution in [3.8, 4) is 0 Å². The number of fused-ring (bicyclic) bond motifs is 1. The molecular formula is C31H28BrF6N5. The summed E-state index contributed by atoms with van der Waals surface area (Å²) in [6, 6.07) is 9.71. The van der Waals surface area contributed by atoms with Crippen LogP contribution in [0.4, 0.5) is 38.1 Å². The van der Waals surface area contributed by atoms with Crippen LogP contribution in [0, 0.1) is 18.8 Å². The first-order chi connectivity index (χ1) is 20.3. The van der Waals surface area contributed by atoms with E-state index in [1.165, 1.54) is 12.4 Å². The van der Waals surface area contributed by atoms with E-state index in [9.17, 15) is 26.3 Å². The number of nitrogens with one attached hydrogen (secondary N) is 1. The molecule has 0 aliphatic heterocycles. The number of anilines is 2. The maximum Gasteiger partial charge on any atom is 0.416 e. The molecule has 6 rings (SSSR count). The number of hydrogen-bond donors (Lipinski definition) is 1. The van der Waals surface area contributed by atoms with E-state index in [1.807, 2.05) is 31.2 Å². The lowest BCUT2D eigenvalue weighted by Gasteiger charge is -2.27. The molecule has 0 bridgehead atoms. The number of aromatic nitrogens is 3. The molecule has 0 unspecified atom stereocenters. The Kier molecular flexibility index (Phi) is 7.76. The Bertz CT molecular complexity index is 1590. The van der Waals surface area contributed by atoms with Gasteiger partial charge in [0.25, 0.3) is 0 Å². The van der Waals surface area contributed by atoms with E-state index < -0.39 is 23.5 Å². The minimum Gasteiger partial charge on any atom is -0.366 e. The zero-order valence-electron chi connectivity index (χ0n) is 23.1. The van der Waals surface area contributed by atoms with E-state index in [2.05, 4.69) is 31.2 Å². The van der Waals surface area contributed by atoms with Crippen LogP contribution in [0.25, 0.3) is 10.9 Å². The number of hydrogen-bond acceptors (Lipinski definition) is 5. The van der Waals surface area contributed by atoms with Gasteiger partial charge in [0, 0.05) is 42.5 Å². The van der Waals surface area contributed by atoms with Crippen molar-refractivity contribution in [2.75, 3.05) is 10.2 Å². The first-order valence-electron chi connectivity index (χ1n) is 14.0. The summed E-state index contributed by atoms with van der Waals surface area (Å²) in [5, 5.41) is 4.57. The van der Waals surface area contributed by atoms with Gasteiger partial charge in [-0.2, -0.15) is 26.3 Å². The third-order valence-electron chi connectivity index (χ3n) is 7.96. The van der Waals surface area contributed by atoms with Gasteiger partial charge in [0.2, 0.25) is 5.95 Å². The highest BCUT2D eigenvalue weighted by Gasteiger charge is 2.42. The highest BCUT2D eigenvalue weighted by molar-refractivity contribution is 9.10. The predicted octanol–water partition coefficient (Wildman–Crippen LogP) is 8.94. The fourth-order valence-electron chi connectivity index (χ4n) is 5.53. The third kappa shape index (κ3) is 6.89. The lowest BCUT2D eigenvalue weighted by molar-refractivity contribution is -0.143. The van der Waals surface area contributed by atoms with Crippen LogP contribution in [0.2, 0.25) is 0 Å². The summed E-state index contributed by atoms with van der Waals surface area (Å²) in [5.74, 6) is 1.94. The number of benzene rings is 2. The van der Waals surface area contributed by atoms with Crippen LogP contribution < -0.4 is 10.2 Å². The Balaban J connectivity index is 1.43. The summed E-state index contributed by atoms with van der Waals surface area (Å²) in [7, 11) is 0. The SMILES string of the molecule is Cc1cccc2cc(CN(Cc3cc(C(F)(F)F)cc(C(F)(F)F)c3)c3ncc(Br)cn3)c(NC(C3CC3)C3CC3)nc12. The van der Waals surface area contributed by atoms with Gasteiger partial charge in [-0.1, -0.05) is 18.2 Å². The molecule has 5 nitrogen and oxygen atoms in total. The zero-order chi connectivity index (χ0) is 30.5. The molecule has 43 heavy (non-hydrogen) atoms. The second-order valence-electron chi connectivity index (χ2n) is 11.5. The second kappa shape index (κ2) is 11.3. The van der Waals surface area contributed by atoms with E-state index in [4.69, 9.17) is 4.98 Å². The van der Waals surface area contributed by atoms with Gasteiger partial charge in [0.1, 0.15) is 5.82 Å². The van der Waals surface area contributed by atoms with Gasteiger partial charge in [-0.25, -0.2) is 15.0 Å². The first kappa shape index (κ1) is 29.7. The highest BCUT2D eigenvalue weighted by Crippen LogP contribution is 2.46. The predicted molar refractivity (Wildman–Crippen MR) is 155 cm³/mol. The molecule has 4 aromatic rings. The fourth-order valence-corrected chi connectivity index (χ4v) is 5.73. The summed E-state index contributed by atoms with van der Waals surface area (Å²) in [6.07, 6.45) is -2.35. The molecule has 0 saturated heterocycles. The normalized spacial score (nSPS) is 15.7. The summed E-state index contributed by atoms with van der Waals surface area (Å²) in [5.41, 5.74) is -0.316. The Hall–Kier alpha value is -3.41. The molecular weight excluding hydrogens is 636 g/mol. The Morgan fingerprint density at radius 1 is 0.884 bits per heavy atom. The van der Waals surface area contributed by atoms with E-state index in [0.29, 0.717) is 22.1 Å². The summed E-state index contributed by atoms with van der Waals surface area (Å²) >= 11 is 3.29. The second-order valence-corrected chi connectivity index (χ2v) is 12.4. The van der Waals surface area contributed by atoms with Gasteiger partial charge in [-0.3, -0.25) is 0 Å². The molecule has 1 N–H and O–H groups in total. The molecule has 0 amide bonds. The van der Waals surface area contributed by atoms with Gasteiger partial charge in [-0.05, 0) is 95.8 Å². The molecule has 2 heterocycles. The molecule has 2 fully saturated rings. The van der Waals surface area contributed by atoms with E-state index in [1.54, 1.807) is 4.90 Å². The van der Waals surface area contributed by atoms with Gasteiger partial charge in [0.15, 0.2) is 0 Å². The zero-order valence-corrected chi connectivity index (χ0v) is 24.7. The molecule has 226 valence electrons. The fraction of sp³-hybridized carbons (Fsp3) is 0.387. The standard InChI is InChI=1S/C31H28BrF6N5/c1-17-3-2-4-21-11-22(28(41-26(17)21)42-27(19-5-6-19)20-7-8-20)16-43(29-39-13-25(32)14-40-29)15-18-9-23(30(33,34)35)12-24(10-18)31(36,37)38/h2-4,9-14,19-20,27H,5-8,15-16H2,1H3,(H,41,42). The average molecular weight is 664 g/mol. The van der Waals surface area contributed by atoms with Crippen LogP contribution in [0.1, 0.15) is 53.5 Å². The van der Waals surface area contributed by atoms with Crippen molar-refractivity contribution in [1.82, 2.24) is 15.0 Å². The largest absolute Gasteiger partial charge is 0.416 e. The molecule has 0 atom stereocenters. The summed E-state index contributed by atoms with van der Waals surface area (Å²) in [4.78, 5) is 15.3. The number of nitrogens with zero attached hydrogens (tertiary/aromatic N) is 4. The van der Waals surface area contributed by atoms with Crippen molar-refractivity contribution in [1.29, 1.82) is 0 Å². The number of halogens is 7. The smallest absolute Gasteiger partial charge is 0.366 e. The maximum atomic E-state index is 13.7. The first-order valence-corrected chi connectivity index (χ1v) is 14.8. The van der Waals surface area contributed by atoms with Gasteiger partial charge >= 0.3 is 12.4 Å². The van der Waals surface area contributed by atoms with Crippen molar-refractivity contribution in [3.05, 3.63) is 87.1 Å². The Morgan fingerprint density at radius 2 is 1.49 bits per heavy atom. The van der Waals surface area contributed by atoms with Gasteiger partial charge < -0.3 is 10.2 Å². The topological polar surface area (TPSA) is 53.9 Å². The van der Waals surface area contributed by atoms with Crippen LogP contribution in [0.5, 0.6) is 0 Å². The van der Waals surface area contributed by atoms with Crippen LogP contribution >= 0.6 is 15.9 Å². The van der Waals surface area contributed by atoms with Gasteiger partial charge in [0.05, 0.1) is 21.1 Å². The van der Waals surface area contributed by atoms with Crippen LogP contribution in [-0.4, -0.2) is 21.0 Å². The Morgan fingerprint density at radius 3 is 2.05 bits per heavy atom. The average Bonchev–Trinajstić information content (AvgIpc) is 3.86. The molecule has 0 spiro atoms. The Labute approximate surface area is 252 Å². The molecule has 12 heteroatoms. The van der Waals surface area contributed by atoms with Crippen molar-refractivity contribution in [2.45, 2.75) is 64.1 Å². The van der Waals surface area contributed by atoms with E-state index >= 15 is 0 Å². The minimum absolute atomic E-state index is 0.0977. The maximum absolute atomic E-state index is 13.7. The number of pyridine rings is 1. The molecule has 2 aromatic heterocycles. The summed E-state index contributed by atoms with van der Waals surface area (Å²) in [6.45, 7) is 1.78. The lowest BCUT2D eigenvalue weighted by atomic mass is 10.0. The molecule has 2 aliphatic carbocycles. The number of rotatable bonds is 9. The van der Waals surface area contributed by atoms with Crippen LogP contribution in [0.15, 0.2) is 59.3 Å². The lowest BCUT2D eigenvalue weighted by Crippen LogP contribution is -2.28.